The number of benzene rings is 2. The van der Waals surface area contributed by atoms with Gasteiger partial charge in [-0.15, -0.1) is 12.4 Å². The highest BCUT2D eigenvalue weighted by molar-refractivity contribution is 7.22. The first-order valence-electron chi connectivity index (χ1n) is 8.88. The second-order valence-corrected chi connectivity index (χ2v) is 7.09. The largest absolute Gasteiger partial charge is 0.302 e. The van der Waals surface area contributed by atoms with Crippen molar-refractivity contribution in [2.75, 3.05) is 31.1 Å². The van der Waals surface area contributed by atoms with E-state index in [1.54, 1.807) is 18.2 Å². The molecule has 3 aromatic rings. The molecule has 1 aromatic heterocycles. The van der Waals surface area contributed by atoms with Crippen LogP contribution in [0.2, 0.25) is 0 Å². The molecule has 0 radical (unpaired) electrons. The number of carbonyl (C=O) groups is 1. The molecule has 3 rings (SSSR count). The Morgan fingerprint density at radius 1 is 1.07 bits per heavy atom. The Balaban J connectivity index is 0.00000280. The summed E-state index contributed by atoms with van der Waals surface area (Å²) in [6.07, 6.45) is 0. The van der Waals surface area contributed by atoms with Crippen LogP contribution in [0.5, 0.6) is 0 Å². The lowest BCUT2D eigenvalue weighted by Gasteiger charge is -2.24. The molecule has 0 aliphatic carbocycles. The van der Waals surface area contributed by atoms with Gasteiger partial charge in [0.25, 0.3) is 5.91 Å². The molecule has 0 N–H and O–H groups in total. The molecule has 8 heteroatoms. The van der Waals surface area contributed by atoms with Gasteiger partial charge in [-0.1, -0.05) is 37.3 Å². The average molecular weight is 426 g/mol. The number of halogens is 3. The molecular formula is C20H22ClF2N3OS. The first kappa shape index (κ1) is 22.2. The maximum Gasteiger partial charge on any atom is 0.260 e. The highest BCUT2D eigenvalue weighted by Crippen LogP contribution is 2.31. The fourth-order valence-electron chi connectivity index (χ4n) is 2.86. The smallest absolute Gasteiger partial charge is 0.260 e. The molecule has 4 nitrogen and oxygen atoms in total. The number of nitrogens with zero attached hydrogens (tertiary/aromatic N) is 3. The zero-order valence-electron chi connectivity index (χ0n) is 15.7. The van der Waals surface area contributed by atoms with E-state index < -0.39 is 11.6 Å². The van der Waals surface area contributed by atoms with Gasteiger partial charge < -0.3 is 4.90 Å². The molecule has 0 unspecified atom stereocenters. The molecule has 2 aromatic carbocycles. The van der Waals surface area contributed by atoms with Crippen molar-refractivity contribution in [3.05, 3.63) is 59.7 Å². The lowest BCUT2D eigenvalue weighted by molar-refractivity contribution is 0.0983. The predicted octanol–water partition coefficient (Wildman–Crippen LogP) is 4.98. The number of carbonyl (C=O) groups excluding carboxylic acids is 1. The number of hydrogen-bond acceptors (Lipinski definition) is 4. The zero-order valence-corrected chi connectivity index (χ0v) is 17.3. The number of anilines is 1. The SMILES string of the molecule is CCN(CC)CCN(C(=O)c1cccc(F)c1)c1nc2c(F)cccc2s1.Cl. The lowest BCUT2D eigenvalue weighted by Crippen LogP contribution is -2.38. The van der Waals surface area contributed by atoms with Gasteiger partial charge in [0.1, 0.15) is 17.2 Å². The molecule has 0 atom stereocenters. The minimum absolute atomic E-state index is 0. The fourth-order valence-corrected chi connectivity index (χ4v) is 3.87. The zero-order chi connectivity index (χ0) is 19.4. The van der Waals surface area contributed by atoms with Crippen LogP contribution in [0.1, 0.15) is 24.2 Å². The monoisotopic (exact) mass is 425 g/mol. The van der Waals surface area contributed by atoms with E-state index in [4.69, 9.17) is 0 Å². The molecule has 0 bridgehead atoms. The summed E-state index contributed by atoms with van der Waals surface area (Å²) in [7, 11) is 0. The Morgan fingerprint density at radius 2 is 1.79 bits per heavy atom. The van der Waals surface area contributed by atoms with Crippen molar-refractivity contribution >= 4 is 45.0 Å². The van der Waals surface area contributed by atoms with E-state index >= 15 is 0 Å². The summed E-state index contributed by atoms with van der Waals surface area (Å²) in [5.41, 5.74) is 0.492. The van der Waals surface area contributed by atoms with Gasteiger partial charge in [0.05, 0.1) is 4.70 Å². The molecule has 150 valence electrons. The summed E-state index contributed by atoms with van der Waals surface area (Å²) in [4.78, 5) is 21.1. The number of aromatic nitrogens is 1. The van der Waals surface area contributed by atoms with Crippen LogP contribution in [0, 0.1) is 11.6 Å². The average Bonchev–Trinajstić information content (AvgIpc) is 3.10. The Labute approximate surface area is 173 Å². The fraction of sp³-hybridized carbons (Fsp3) is 0.300. The molecule has 1 amide bonds. The van der Waals surface area contributed by atoms with Crippen molar-refractivity contribution in [3.8, 4) is 0 Å². The van der Waals surface area contributed by atoms with Crippen LogP contribution in [-0.2, 0) is 0 Å². The van der Waals surface area contributed by atoms with E-state index in [0.29, 0.717) is 22.9 Å². The van der Waals surface area contributed by atoms with E-state index in [2.05, 4.69) is 23.7 Å². The molecule has 0 aliphatic heterocycles. The number of likely N-dealkylation sites (N-methyl/N-ethyl adjacent to an activating group) is 1. The third-order valence-electron chi connectivity index (χ3n) is 4.44. The number of fused-ring (bicyclic) bond motifs is 1. The Bertz CT molecular complexity index is 946. The van der Waals surface area contributed by atoms with Crippen molar-refractivity contribution in [1.29, 1.82) is 0 Å². The molecule has 0 saturated heterocycles. The summed E-state index contributed by atoms with van der Waals surface area (Å²) >= 11 is 1.26. The number of hydrogen-bond donors (Lipinski definition) is 0. The number of para-hydroxylation sites is 1. The third-order valence-corrected chi connectivity index (χ3v) is 5.48. The van der Waals surface area contributed by atoms with Crippen LogP contribution < -0.4 is 4.90 Å². The van der Waals surface area contributed by atoms with Gasteiger partial charge >= 0.3 is 0 Å². The normalized spacial score (nSPS) is 10.9. The van der Waals surface area contributed by atoms with Gasteiger partial charge in [0.2, 0.25) is 0 Å². The van der Waals surface area contributed by atoms with E-state index in [-0.39, 0.29) is 29.4 Å². The Kier molecular flexibility index (Phi) is 7.86. The maximum absolute atomic E-state index is 14.0. The summed E-state index contributed by atoms with van der Waals surface area (Å²) < 4.78 is 28.3. The van der Waals surface area contributed by atoms with E-state index in [0.717, 1.165) is 13.1 Å². The van der Waals surface area contributed by atoms with Crippen molar-refractivity contribution < 1.29 is 13.6 Å². The van der Waals surface area contributed by atoms with Gasteiger partial charge in [0, 0.05) is 18.7 Å². The minimum atomic E-state index is -0.472. The van der Waals surface area contributed by atoms with Crippen LogP contribution in [0.3, 0.4) is 0 Å². The van der Waals surface area contributed by atoms with Gasteiger partial charge in [-0.25, -0.2) is 13.8 Å². The summed E-state index contributed by atoms with van der Waals surface area (Å²) in [5, 5.41) is 0.413. The molecule has 1 heterocycles. The van der Waals surface area contributed by atoms with E-state index in [1.165, 1.54) is 40.5 Å². The summed E-state index contributed by atoms with van der Waals surface area (Å²) in [5.74, 6) is -1.24. The molecule has 0 aliphatic rings. The van der Waals surface area contributed by atoms with Crippen LogP contribution in [0.4, 0.5) is 13.9 Å². The van der Waals surface area contributed by atoms with E-state index in [1.807, 2.05) is 0 Å². The number of rotatable bonds is 7. The maximum atomic E-state index is 14.0. The second-order valence-electron chi connectivity index (χ2n) is 6.08. The van der Waals surface area contributed by atoms with Crippen LogP contribution >= 0.6 is 23.7 Å². The van der Waals surface area contributed by atoms with Gasteiger partial charge in [-0.3, -0.25) is 9.69 Å². The van der Waals surface area contributed by atoms with Crippen molar-refractivity contribution in [2.24, 2.45) is 0 Å². The van der Waals surface area contributed by atoms with Crippen molar-refractivity contribution in [2.45, 2.75) is 13.8 Å². The molecule has 0 saturated carbocycles. The van der Waals surface area contributed by atoms with Crippen molar-refractivity contribution in [1.82, 2.24) is 9.88 Å². The topological polar surface area (TPSA) is 36.4 Å². The third kappa shape index (κ3) is 4.84. The van der Waals surface area contributed by atoms with Crippen LogP contribution in [-0.4, -0.2) is 42.0 Å². The Morgan fingerprint density at radius 3 is 2.43 bits per heavy atom. The van der Waals surface area contributed by atoms with Crippen LogP contribution in [0.15, 0.2) is 42.5 Å². The number of thiazole rings is 1. The first-order chi connectivity index (χ1) is 13.0. The number of amides is 1. The van der Waals surface area contributed by atoms with Gasteiger partial charge in [-0.2, -0.15) is 0 Å². The summed E-state index contributed by atoms with van der Waals surface area (Å²) in [6.45, 7) is 6.84. The van der Waals surface area contributed by atoms with E-state index in [9.17, 15) is 13.6 Å². The molecule has 0 fully saturated rings. The first-order valence-corrected chi connectivity index (χ1v) is 9.70. The minimum Gasteiger partial charge on any atom is -0.302 e. The lowest BCUT2D eigenvalue weighted by atomic mass is 10.2. The second kappa shape index (κ2) is 9.91. The Hall–Kier alpha value is -2.09. The molecule has 0 spiro atoms. The van der Waals surface area contributed by atoms with Gasteiger partial charge in [-0.05, 0) is 43.4 Å². The van der Waals surface area contributed by atoms with Crippen molar-refractivity contribution in [3.63, 3.8) is 0 Å². The van der Waals surface area contributed by atoms with Gasteiger partial charge in [0.15, 0.2) is 5.13 Å². The predicted molar refractivity (Wildman–Crippen MR) is 113 cm³/mol. The standard InChI is InChI=1S/C20H21F2N3OS.ClH/c1-3-24(4-2)11-12-25(19(26)14-7-5-8-15(21)13-14)20-23-18-16(22)9-6-10-17(18)27-20;/h5-10,13H,3-4,11-12H2,1-2H3;1H. The quantitative estimate of drug-likeness (QED) is 0.535. The highest BCUT2D eigenvalue weighted by atomic mass is 35.5. The molecular weight excluding hydrogens is 404 g/mol. The molecule has 28 heavy (non-hydrogen) atoms. The van der Waals surface area contributed by atoms with Crippen LogP contribution in [0.25, 0.3) is 10.2 Å². The summed E-state index contributed by atoms with van der Waals surface area (Å²) in [6, 6.07) is 10.3. The highest BCUT2D eigenvalue weighted by Gasteiger charge is 2.23.